The Bertz CT molecular complexity index is 617. The van der Waals surface area contributed by atoms with Crippen molar-refractivity contribution in [2.75, 3.05) is 37.6 Å². The average molecular weight is 400 g/mol. The topological polar surface area (TPSA) is 57.8 Å². The van der Waals surface area contributed by atoms with Crippen LogP contribution in [0.15, 0.2) is 32.5 Å². The SMILES string of the molecule is NC(=NCCc1ccc(Br)s1)N1CCN(c2nccs2)CC1. The van der Waals surface area contributed by atoms with E-state index >= 15 is 0 Å². The number of hydrogen-bond donors (Lipinski definition) is 1. The van der Waals surface area contributed by atoms with Crippen LogP contribution in [-0.2, 0) is 6.42 Å². The van der Waals surface area contributed by atoms with E-state index in [9.17, 15) is 0 Å². The van der Waals surface area contributed by atoms with E-state index in [1.807, 2.05) is 11.6 Å². The van der Waals surface area contributed by atoms with Gasteiger partial charge in [-0.05, 0) is 28.1 Å². The zero-order valence-electron chi connectivity index (χ0n) is 12.1. The molecule has 1 saturated heterocycles. The molecule has 1 fully saturated rings. The number of aromatic nitrogens is 1. The molecule has 118 valence electrons. The molecule has 0 bridgehead atoms. The quantitative estimate of drug-likeness (QED) is 0.633. The van der Waals surface area contributed by atoms with Crippen LogP contribution in [0.25, 0.3) is 0 Å². The van der Waals surface area contributed by atoms with Gasteiger partial charge >= 0.3 is 0 Å². The lowest BCUT2D eigenvalue weighted by Gasteiger charge is -2.35. The molecule has 2 aromatic heterocycles. The maximum atomic E-state index is 6.12. The lowest BCUT2D eigenvalue weighted by molar-refractivity contribution is 0.380. The normalized spacial score (nSPS) is 16.3. The van der Waals surface area contributed by atoms with Crippen molar-refractivity contribution in [1.82, 2.24) is 9.88 Å². The fraction of sp³-hybridized carbons (Fsp3) is 0.429. The summed E-state index contributed by atoms with van der Waals surface area (Å²) in [7, 11) is 0. The zero-order chi connectivity index (χ0) is 15.4. The van der Waals surface area contributed by atoms with Crippen molar-refractivity contribution in [3.8, 4) is 0 Å². The van der Waals surface area contributed by atoms with Crippen molar-refractivity contribution < 1.29 is 0 Å². The van der Waals surface area contributed by atoms with E-state index in [4.69, 9.17) is 5.73 Å². The molecular formula is C14H18BrN5S2. The van der Waals surface area contributed by atoms with Crippen molar-refractivity contribution in [3.05, 3.63) is 32.4 Å². The fourth-order valence-corrected chi connectivity index (χ4v) is 4.53. The van der Waals surface area contributed by atoms with Gasteiger partial charge < -0.3 is 15.5 Å². The molecular weight excluding hydrogens is 382 g/mol. The zero-order valence-corrected chi connectivity index (χ0v) is 15.3. The summed E-state index contributed by atoms with van der Waals surface area (Å²) in [5.74, 6) is 0.661. The van der Waals surface area contributed by atoms with Crippen LogP contribution in [-0.4, -0.2) is 48.6 Å². The van der Waals surface area contributed by atoms with Gasteiger partial charge in [0.1, 0.15) is 0 Å². The van der Waals surface area contributed by atoms with Gasteiger partial charge in [0, 0.05) is 55.6 Å². The molecule has 0 amide bonds. The Morgan fingerprint density at radius 3 is 2.77 bits per heavy atom. The minimum absolute atomic E-state index is 0.661. The molecule has 0 aliphatic carbocycles. The third-order valence-corrected chi connectivity index (χ3v) is 6.07. The summed E-state index contributed by atoms with van der Waals surface area (Å²) in [4.78, 5) is 14.7. The predicted molar refractivity (Wildman–Crippen MR) is 98.1 cm³/mol. The van der Waals surface area contributed by atoms with Crippen LogP contribution in [0.1, 0.15) is 4.88 Å². The van der Waals surface area contributed by atoms with E-state index in [2.05, 4.69) is 47.8 Å². The smallest absolute Gasteiger partial charge is 0.191 e. The van der Waals surface area contributed by atoms with Crippen LogP contribution >= 0.6 is 38.6 Å². The average Bonchev–Trinajstić information content (AvgIpc) is 3.19. The first-order chi connectivity index (χ1) is 10.7. The summed E-state index contributed by atoms with van der Waals surface area (Å²) in [5, 5.41) is 3.11. The highest BCUT2D eigenvalue weighted by molar-refractivity contribution is 9.11. The van der Waals surface area contributed by atoms with Crippen LogP contribution in [0.3, 0.4) is 0 Å². The molecule has 3 heterocycles. The number of anilines is 1. The van der Waals surface area contributed by atoms with E-state index in [0.717, 1.165) is 48.1 Å². The number of nitrogens with two attached hydrogens (primary N) is 1. The van der Waals surface area contributed by atoms with Gasteiger partial charge in [-0.15, -0.1) is 22.7 Å². The highest BCUT2D eigenvalue weighted by Gasteiger charge is 2.19. The molecule has 8 heteroatoms. The number of halogens is 1. The maximum Gasteiger partial charge on any atom is 0.191 e. The van der Waals surface area contributed by atoms with Crippen LogP contribution < -0.4 is 10.6 Å². The summed E-state index contributed by atoms with van der Waals surface area (Å²) in [5.41, 5.74) is 6.12. The standard InChI is InChI=1S/C14H18BrN5S2/c15-12-2-1-11(22-12)3-4-17-13(16)19-6-8-20(9-7-19)14-18-5-10-21-14/h1-2,5,10H,3-4,6-9H2,(H2,16,17). The molecule has 2 aromatic rings. The second-order valence-corrected chi connectivity index (χ2v) is 8.41. The Morgan fingerprint density at radius 1 is 1.32 bits per heavy atom. The third-order valence-electron chi connectivity index (χ3n) is 3.55. The van der Waals surface area contributed by atoms with Crippen molar-refractivity contribution in [2.45, 2.75) is 6.42 Å². The molecule has 1 aliphatic heterocycles. The van der Waals surface area contributed by atoms with Crippen molar-refractivity contribution >= 4 is 49.7 Å². The van der Waals surface area contributed by atoms with Crippen molar-refractivity contribution in [1.29, 1.82) is 0 Å². The highest BCUT2D eigenvalue weighted by atomic mass is 79.9. The number of aliphatic imine (C=N–C) groups is 1. The Kier molecular flexibility index (Phi) is 5.32. The van der Waals surface area contributed by atoms with Gasteiger partial charge in [0.2, 0.25) is 0 Å². The van der Waals surface area contributed by atoms with E-state index in [1.165, 1.54) is 4.88 Å². The molecule has 0 unspecified atom stereocenters. The minimum Gasteiger partial charge on any atom is -0.370 e. The van der Waals surface area contributed by atoms with E-state index in [-0.39, 0.29) is 0 Å². The van der Waals surface area contributed by atoms with Crippen LogP contribution in [0, 0.1) is 0 Å². The van der Waals surface area contributed by atoms with Gasteiger partial charge in [0.25, 0.3) is 0 Å². The van der Waals surface area contributed by atoms with E-state index < -0.39 is 0 Å². The van der Waals surface area contributed by atoms with Crippen LogP contribution in [0.2, 0.25) is 0 Å². The van der Waals surface area contributed by atoms with Crippen molar-refractivity contribution in [3.63, 3.8) is 0 Å². The molecule has 0 atom stereocenters. The number of rotatable bonds is 4. The molecule has 0 saturated carbocycles. The van der Waals surface area contributed by atoms with Crippen LogP contribution in [0.5, 0.6) is 0 Å². The highest BCUT2D eigenvalue weighted by Crippen LogP contribution is 2.22. The lowest BCUT2D eigenvalue weighted by atomic mass is 10.3. The van der Waals surface area contributed by atoms with E-state index in [1.54, 1.807) is 22.7 Å². The first-order valence-electron chi connectivity index (χ1n) is 7.16. The number of thiazole rings is 1. The number of guanidine groups is 1. The summed E-state index contributed by atoms with van der Waals surface area (Å²) in [6, 6.07) is 4.21. The largest absolute Gasteiger partial charge is 0.370 e. The second kappa shape index (κ2) is 7.43. The van der Waals surface area contributed by atoms with Gasteiger partial charge in [-0.3, -0.25) is 4.99 Å². The molecule has 3 rings (SSSR count). The number of thiophene rings is 1. The number of piperazine rings is 1. The van der Waals surface area contributed by atoms with Gasteiger partial charge in [-0.25, -0.2) is 4.98 Å². The number of hydrogen-bond acceptors (Lipinski definition) is 5. The molecule has 2 N–H and O–H groups in total. The maximum absolute atomic E-state index is 6.12. The van der Waals surface area contributed by atoms with Crippen LogP contribution in [0.4, 0.5) is 5.13 Å². The molecule has 0 spiro atoms. The summed E-state index contributed by atoms with van der Waals surface area (Å²) in [6.07, 6.45) is 2.79. The molecule has 0 radical (unpaired) electrons. The minimum atomic E-state index is 0.661. The molecule has 22 heavy (non-hydrogen) atoms. The van der Waals surface area contributed by atoms with Crippen molar-refractivity contribution in [2.24, 2.45) is 10.7 Å². The Labute approximate surface area is 146 Å². The first-order valence-corrected chi connectivity index (χ1v) is 9.65. The van der Waals surface area contributed by atoms with E-state index in [0.29, 0.717) is 5.96 Å². The van der Waals surface area contributed by atoms with Gasteiger partial charge in [0.15, 0.2) is 11.1 Å². The Hall–Kier alpha value is -1.12. The predicted octanol–water partition coefficient (Wildman–Crippen LogP) is 2.65. The first kappa shape index (κ1) is 15.8. The van der Waals surface area contributed by atoms with Gasteiger partial charge in [-0.1, -0.05) is 0 Å². The summed E-state index contributed by atoms with van der Waals surface area (Å²) < 4.78 is 1.16. The third kappa shape index (κ3) is 3.99. The monoisotopic (exact) mass is 399 g/mol. The van der Waals surface area contributed by atoms with Gasteiger partial charge in [0.05, 0.1) is 3.79 Å². The Balaban J connectivity index is 1.46. The summed E-state index contributed by atoms with van der Waals surface area (Å²) in [6.45, 7) is 4.44. The second-order valence-electron chi connectivity index (χ2n) is 4.98. The molecule has 0 aromatic carbocycles. The van der Waals surface area contributed by atoms with Gasteiger partial charge in [-0.2, -0.15) is 0 Å². The fourth-order valence-electron chi connectivity index (χ4n) is 2.37. The summed E-state index contributed by atoms with van der Waals surface area (Å²) >= 11 is 6.92. The molecule has 5 nitrogen and oxygen atoms in total. The number of nitrogens with zero attached hydrogens (tertiary/aromatic N) is 4. The lowest BCUT2D eigenvalue weighted by Crippen LogP contribution is -2.51. The Morgan fingerprint density at radius 2 is 2.14 bits per heavy atom. The molecule has 1 aliphatic rings.